The van der Waals surface area contributed by atoms with E-state index in [4.69, 9.17) is 28.8 Å². The van der Waals surface area contributed by atoms with Gasteiger partial charge in [0.15, 0.2) is 22.8 Å². The van der Waals surface area contributed by atoms with Gasteiger partial charge in [0.25, 0.3) is 11.8 Å². The molecule has 13 N–H and O–H groups in total. The lowest BCUT2D eigenvalue weighted by molar-refractivity contribution is 0.0939. The van der Waals surface area contributed by atoms with Crippen LogP contribution in [-0.4, -0.2) is 57.2 Å². The molecule has 0 atom stereocenters. The lowest BCUT2D eigenvalue weighted by Gasteiger charge is -2.19. The van der Waals surface area contributed by atoms with Crippen LogP contribution in [0.15, 0.2) is 47.7 Å². The molecule has 0 unspecified atom stereocenters. The van der Waals surface area contributed by atoms with Crippen molar-refractivity contribution in [2.75, 3.05) is 41.7 Å². The van der Waals surface area contributed by atoms with Crippen molar-refractivity contribution in [3.63, 3.8) is 0 Å². The second-order valence-electron chi connectivity index (χ2n) is 10.2. The first-order chi connectivity index (χ1) is 21.2. The van der Waals surface area contributed by atoms with Crippen LogP contribution in [0, 0.1) is 0 Å². The number of carbonyl (C=O) groups excluding carboxylic acids is 2. The van der Waals surface area contributed by atoms with Gasteiger partial charge in [0.05, 0.1) is 24.0 Å². The minimum absolute atomic E-state index is 0.0404. The van der Waals surface area contributed by atoms with Crippen LogP contribution in [-0.2, 0) is 13.0 Å². The van der Waals surface area contributed by atoms with Crippen LogP contribution >= 0.6 is 0 Å². The van der Waals surface area contributed by atoms with E-state index in [1.54, 1.807) is 24.4 Å². The number of unbranched alkanes of at least 4 members (excludes halogenated alkanes) is 1. The molecule has 3 heterocycles. The summed E-state index contributed by atoms with van der Waals surface area (Å²) in [6.45, 7) is 2.18. The maximum Gasteiger partial charge on any atom is 0.252 e. The fourth-order valence-electron chi connectivity index (χ4n) is 4.98. The van der Waals surface area contributed by atoms with Gasteiger partial charge in [-0.3, -0.25) is 9.59 Å². The number of aromatic nitrogens is 4. The number of hydrazone groups is 1. The monoisotopic (exact) mass is 598 g/mol. The number of hydrogen-bond donors (Lipinski definition) is 8. The van der Waals surface area contributed by atoms with Gasteiger partial charge >= 0.3 is 0 Å². The molecule has 4 aromatic rings. The lowest BCUT2D eigenvalue weighted by Crippen LogP contribution is -2.30. The number of amides is 2. The number of nitrogens with one attached hydrogen (secondary N) is 3. The third-order valence-corrected chi connectivity index (χ3v) is 7.11. The molecule has 5 rings (SSSR count). The van der Waals surface area contributed by atoms with Gasteiger partial charge in [0, 0.05) is 42.1 Å². The minimum Gasteiger partial charge on any atom is -0.399 e. The van der Waals surface area contributed by atoms with E-state index in [-0.39, 0.29) is 29.4 Å². The summed E-state index contributed by atoms with van der Waals surface area (Å²) in [6.07, 6.45) is 3.79. The van der Waals surface area contributed by atoms with E-state index in [9.17, 15) is 9.59 Å². The minimum atomic E-state index is -0.317. The molecule has 2 amide bonds. The van der Waals surface area contributed by atoms with Gasteiger partial charge in [0.1, 0.15) is 0 Å². The Labute approximate surface area is 252 Å². The summed E-state index contributed by atoms with van der Waals surface area (Å²) >= 11 is 0. The van der Waals surface area contributed by atoms with Crippen LogP contribution < -0.4 is 49.8 Å². The molecule has 0 spiro atoms. The number of nitrogens with zero attached hydrogens (tertiary/aromatic N) is 6. The van der Waals surface area contributed by atoms with Crippen LogP contribution in [0.2, 0.25) is 0 Å². The first-order valence-corrected chi connectivity index (χ1v) is 13.9. The van der Waals surface area contributed by atoms with Gasteiger partial charge in [-0.1, -0.05) is 0 Å². The third-order valence-electron chi connectivity index (χ3n) is 7.11. The molecule has 0 saturated carbocycles. The average Bonchev–Trinajstić information content (AvgIpc) is 3.40. The highest BCUT2D eigenvalue weighted by Gasteiger charge is 2.22. The summed E-state index contributed by atoms with van der Waals surface area (Å²) in [5.41, 5.74) is 30.8. The Kier molecular flexibility index (Phi) is 8.80. The molecule has 2 aromatic carbocycles. The van der Waals surface area contributed by atoms with Crippen LogP contribution in [0.5, 0.6) is 0 Å². The molecule has 16 heteroatoms. The average molecular weight is 599 g/mol. The number of anilines is 4. The smallest absolute Gasteiger partial charge is 0.252 e. The Morgan fingerprint density at radius 2 is 1.70 bits per heavy atom. The normalized spacial score (nSPS) is 12.7. The van der Waals surface area contributed by atoms with Gasteiger partial charge in [-0.15, -0.1) is 5.10 Å². The molecule has 1 aliphatic rings. The Morgan fingerprint density at radius 1 is 0.932 bits per heavy atom. The molecular weight excluding hydrogens is 564 g/mol. The molecule has 16 nitrogen and oxygen atoms in total. The van der Waals surface area contributed by atoms with Crippen molar-refractivity contribution in [3.8, 4) is 0 Å². The van der Waals surface area contributed by atoms with E-state index in [2.05, 4.69) is 46.1 Å². The third kappa shape index (κ3) is 6.65. The molecule has 44 heavy (non-hydrogen) atoms. The summed E-state index contributed by atoms with van der Waals surface area (Å²) < 4.78 is 0. The summed E-state index contributed by atoms with van der Waals surface area (Å²) in [5.74, 6) is 5.01. The molecule has 0 bridgehead atoms. The molecule has 1 aliphatic heterocycles. The van der Waals surface area contributed by atoms with Gasteiger partial charge < -0.3 is 38.5 Å². The highest BCUT2D eigenvalue weighted by atomic mass is 16.2. The fourth-order valence-corrected chi connectivity index (χ4v) is 4.98. The van der Waals surface area contributed by atoms with Crippen molar-refractivity contribution >= 4 is 52.0 Å². The predicted octanol–water partition coefficient (Wildman–Crippen LogP) is -0.247. The summed E-state index contributed by atoms with van der Waals surface area (Å²) in [4.78, 5) is 44.6. The highest BCUT2D eigenvalue weighted by molar-refractivity contribution is 6.09. The van der Waals surface area contributed by atoms with E-state index in [0.29, 0.717) is 66.0 Å². The van der Waals surface area contributed by atoms with E-state index >= 15 is 0 Å². The Hall–Kier alpha value is -5.77. The number of hydrazine groups is 1. The second kappa shape index (κ2) is 13.0. The topological polar surface area (TPSA) is 267 Å². The zero-order valence-corrected chi connectivity index (χ0v) is 23.9. The van der Waals surface area contributed by atoms with Crippen LogP contribution in [0.1, 0.15) is 50.4 Å². The lowest BCUT2D eigenvalue weighted by atomic mass is 10.0. The van der Waals surface area contributed by atoms with Crippen molar-refractivity contribution in [3.05, 3.63) is 70.5 Å². The zero-order chi connectivity index (χ0) is 31.2. The molecule has 0 aliphatic carbocycles. The Balaban J connectivity index is 1.09. The maximum absolute atomic E-state index is 12.8. The Morgan fingerprint density at radius 3 is 2.48 bits per heavy atom. The highest BCUT2D eigenvalue weighted by Crippen LogP contribution is 2.30. The Bertz CT molecular complexity index is 1740. The standard InChI is InChI=1S/C28H34N14O2/c29-17-4-5-19(20(12-17)23(30)40-41-33)27(44)35-9-2-1-8-34-26(43)16-3-6-21-15(11-16)7-10-42(21)14-18-13-36-25-22(37-18)24(31)38-28(32)39-25/h3-6,11-13,41H,1-2,7-10,14,29,33H2,(H2,30,40)(H,34,43)(H,35,44)(H4,31,32,36,38,39). The van der Waals surface area contributed by atoms with Crippen LogP contribution in [0.3, 0.4) is 0 Å². The summed E-state index contributed by atoms with van der Waals surface area (Å²) in [7, 11) is 0. The number of nitrogens with two attached hydrogens (primary N) is 5. The molecule has 228 valence electrons. The quantitative estimate of drug-likeness (QED) is 0.0277. The number of hydrogen-bond acceptors (Lipinski definition) is 13. The zero-order valence-electron chi connectivity index (χ0n) is 23.9. The van der Waals surface area contributed by atoms with Crippen molar-refractivity contribution in [2.24, 2.45) is 16.7 Å². The van der Waals surface area contributed by atoms with Crippen molar-refractivity contribution in [2.45, 2.75) is 25.8 Å². The number of carbonyl (C=O) groups is 2. The SMILES string of the molecule is NN/N=C(\N)c1cc(N)ccc1C(=O)NCCCCNC(=O)c1ccc2c(c1)CCN2Cc1cnc2nc(N)nc(N)c2n1. The van der Waals surface area contributed by atoms with E-state index < -0.39 is 0 Å². The molecule has 0 radical (unpaired) electrons. The van der Waals surface area contributed by atoms with Crippen molar-refractivity contribution in [1.29, 1.82) is 0 Å². The maximum atomic E-state index is 12.8. The number of nitrogen functional groups attached to an aromatic ring is 3. The van der Waals surface area contributed by atoms with Crippen molar-refractivity contribution < 1.29 is 9.59 Å². The number of amidine groups is 1. The van der Waals surface area contributed by atoms with Gasteiger partial charge in [-0.05, 0) is 61.2 Å². The number of fused-ring (bicyclic) bond motifs is 2. The van der Waals surface area contributed by atoms with Gasteiger partial charge in [0.2, 0.25) is 5.95 Å². The van der Waals surface area contributed by atoms with Crippen LogP contribution in [0.25, 0.3) is 11.2 Å². The molecule has 2 aromatic heterocycles. The summed E-state index contributed by atoms with van der Waals surface area (Å²) in [5, 5.41) is 9.53. The largest absolute Gasteiger partial charge is 0.399 e. The van der Waals surface area contributed by atoms with Crippen molar-refractivity contribution in [1.82, 2.24) is 36.1 Å². The first-order valence-electron chi connectivity index (χ1n) is 13.9. The van der Waals surface area contributed by atoms with E-state index in [1.807, 2.05) is 18.2 Å². The van der Waals surface area contributed by atoms with Crippen LogP contribution in [0.4, 0.5) is 23.1 Å². The van der Waals surface area contributed by atoms with E-state index in [0.717, 1.165) is 29.9 Å². The molecular formula is C28H34N14O2. The fraction of sp³-hybridized carbons (Fsp3) is 0.250. The first kappa shape index (κ1) is 29.7. The number of benzene rings is 2. The van der Waals surface area contributed by atoms with E-state index in [1.165, 1.54) is 0 Å². The van der Waals surface area contributed by atoms with Gasteiger partial charge in [-0.2, -0.15) is 9.97 Å². The predicted molar refractivity (Wildman–Crippen MR) is 168 cm³/mol. The molecule has 0 saturated heterocycles. The molecule has 0 fully saturated rings. The summed E-state index contributed by atoms with van der Waals surface area (Å²) in [6, 6.07) is 10.4. The second-order valence-corrected chi connectivity index (χ2v) is 10.2. The number of rotatable bonds is 11. The van der Waals surface area contributed by atoms with Gasteiger partial charge in [-0.25, -0.2) is 21.3 Å².